The summed E-state index contributed by atoms with van der Waals surface area (Å²) in [5.41, 5.74) is 9.98. The molecule has 35 heavy (non-hydrogen) atoms. The Kier molecular flexibility index (Phi) is 5.04. The van der Waals surface area contributed by atoms with Gasteiger partial charge in [-0.15, -0.1) is 0 Å². The Hall–Kier alpha value is -3.02. The second-order valence-corrected chi connectivity index (χ2v) is 10.5. The van der Waals surface area contributed by atoms with E-state index in [0.717, 1.165) is 44.6 Å². The first-order chi connectivity index (χ1) is 17.2. The minimum Gasteiger partial charge on any atom is -0.497 e. The largest absolute Gasteiger partial charge is 0.497 e. The smallest absolute Gasteiger partial charge is 0.119 e. The van der Waals surface area contributed by atoms with E-state index in [1.807, 2.05) is 0 Å². The Bertz CT molecular complexity index is 1440. The fourth-order valence-electron chi connectivity index (χ4n) is 7.08. The molecular weight excluding hydrogens is 432 g/mol. The molecule has 180 valence electrons. The van der Waals surface area contributed by atoms with E-state index in [0.29, 0.717) is 18.0 Å². The van der Waals surface area contributed by atoms with Crippen molar-refractivity contribution in [2.24, 2.45) is 5.92 Å². The van der Waals surface area contributed by atoms with Gasteiger partial charge in [0, 0.05) is 52.3 Å². The Morgan fingerprint density at radius 3 is 2.71 bits per heavy atom. The number of allylic oxidation sites excluding steroid dienone is 1. The van der Waals surface area contributed by atoms with Gasteiger partial charge in [0.15, 0.2) is 0 Å². The van der Waals surface area contributed by atoms with Crippen molar-refractivity contribution in [1.82, 2.24) is 20.2 Å². The molecule has 3 N–H and O–H groups in total. The van der Waals surface area contributed by atoms with Gasteiger partial charge in [-0.25, -0.2) is 0 Å². The number of ether oxygens (including phenoxy) is 1. The third-order valence-corrected chi connectivity index (χ3v) is 8.84. The van der Waals surface area contributed by atoms with Gasteiger partial charge < -0.3 is 20.0 Å². The quantitative estimate of drug-likeness (QED) is 0.335. The molecule has 0 saturated carbocycles. The third kappa shape index (κ3) is 3.36. The molecule has 0 amide bonds. The molecule has 4 aromatic rings. The topological polar surface area (TPSA) is 56.1 Å². The van der Waals surface area contributed by atoms with Gasteiger partial charge in [0.05, 0.1) is 13.2 Å². The minimum absolute atomic E-state index is 0.382. The zero-order valence-electron chi connectivity index (χ0n) is 20.7. The molecule has 3 atom stereocenters. The molecule has 3 aliphatic rings. The van der Waals surface area contributed by atoms with Crippen LogP contribution < -0.4 is 10.1 Å². The Balaban J connectivity index is 1.22. The number of para-hydroxylation sites is 1. The van der Waals surface area contributed by atoms with E-state index in [-0.39, 0.29) is 0 Å². The van der Waals surface area contributed by atoms with E-state index in [2.05, 4.69) is 75.6 Å². The van der Waals surface area contributed by atoms with Gasteiger partial charge in [-0.2, -0.15) is 0 Å². The Morgan fingerprint density at radius 2 is 1.83 bits per heavy atom. The highest BCUT2D eigenvalue weighted by atomic mass is 16.5. The van der Waals surface area contributed by atoms with Crippen LogP contribution in [-0.2, 0) is 12.8 Å². The first kappa shape index (κ1) is 21.3. The van der Waals surface area contributed by atoms with Gasteiger partial charge in [0.1, 0.15) is 5.75 Å². The van der Waals surface area contributed by atoms with Crippen LogP contribution >= 0.6 is 0 Å². The summed E-state index contributed by atoms with van der Waals surface area (Å²) >= 11 is 0. The maximum absolute atomic E-state index is 5.53. The lowest BCUT2D eigenvalue weighted by atomic mass is 9.78. The highest BCUT2D eigenvalue weighted by Gasteiger charge is 2.39. The predicted molar refractivity (Wildman–Crippen MR) is 142 cm³/mol. The van der Waals surface area contributed by atoms with Crippen molar-refractivity contribution in [2.75, 3.05) is 26.7 Å². The molecule has 0 bridgehead atoms. The number of fused-ring (bicyclic) bond motifs is 8. The van der Waals surface area contributed by atoms with Gasteiger partial charge >= 0.3 is 0 Å². The number of nitrogens with zero attached hydrogens (tertiary/aromatic N) is 1. The molecule has 0 spiro atoms. The summed E-state index contributed by atoms with van der Waals surface area (Å²) in [6.07, 6.45) is 6.91. The molecule has 2 aromatic heterocycles. The Labute approximate surface area is 206 Å². The lowest BCUT2D eigenvalue weighted by Gasteiger charge is -2.44. The summed E-state index contributed by atoms with van der Waals surface area (Å²) in [6.45, 7) is 5.49. The average Bonchev–Trinajstić information content (AvgIpc) is 3.47. The van der Waals surface area contributed by atoms with Crippen LogP contribution in [0.1, 0.15) is 54.4 Å². The molecule has 5 heterocycles. The fourth-order valence-corrected chi connectivity index (χ4v) is 7.08. The van der Waals surface area contributed by atoms with Gasteiger partial charge in [0.25, 0.3) is 0 Å². The molecule has 3 unspecified atom stereocenters. The molecule has 5 heteroatoms. The van der Waals surface area contributed by atoms with Crippen LogP contribution in [0.25, 0.3) is 21.8 Å². The highest BCUT2D eigenvalue weighted by Crippen LogP contribution is 2.46. The number of aromatic amines is 2. The van der Waals surface area contributed by atoms with Crippen molar-refractivity contribution in [3.63, 3.8) is 0 Å². The lowest BCUT2D eigenvalue weighted by molar-refractivity contribution is 0.131. The molecule has 3 aliphatic heterocycles. The number of aromatic nitrogens is 2. The summed E-state index contributed by atoms with van der Waals surface area (Å²) in [7, 11) is 1.75. The van der Waals surface area contributed by atoms with E-state index in [1.165, 1.54) is 50.7 Å². The predicted octanol–water partition coefficient (Wildman–Crippen LogP) is 5.80. The number of nitrogens with one attached hydrogen (secondary N) is 3. The van der Waals surface area contributed by atoms with Gasteiger partial charge in [-0.1, -0.05) is 29.8 Å². The van der Waals surface area contributed by atoms with Crippen molar-refractivity contribution in [1.29, 1.82) is 0 Å². The minimum atomic E-state index is 0.382. The van der Waals surface area contributed by atoms with Crippen LogP contribution in [0.4, 0.5) is 0 Å². The molecule has 1 saturated heterocycles. The van der Waals surface area contributed by atoms with Crippen LogP contribution in [0.5, 0.6) is 5.75 Å². The zero-order chi connectivity index (χ0) is 23.5. The second-order valence-electron chi connectivity index (χ2n) is 10.5. The summed E-state index contributed by atoms with van der Waals surface area (Å²) in [5, 5.41) is 6.60. The number of rotatable bonds is 3. The van der Waals surface area contributed by atoms with Gasteiger partial charge in [-0.3, -0.25) is 4.90 Å². The van der Waals surface area contributed by atoms with Crippen LogP contribution in [0.2, 0.25) is 0 Å². The van der Waals surface area contributed by atoms with Gasteiger partial charge in [0.2, 0.25) is 0 Å². The van der Waals surface area contributed by atoms with E-state index in [9.17, 15) is 0 Å². The Morgan fingerprint density at radius 1 is 1.00 bits per heavy atom. The zero-order valence-corrected chi connectivity index (χ0v) is 20.7. The lowest BCUT2D eigenvalue weighted by Crippen LogP contribution is -2.43. The molecule has 0 aliphatic carbocycles. The number of piperidine rings is 1. The molecule has 1 fully saturated rings. The summed E-state index contributed by atoms with van der Waals surface area (Å²) in [5.74, 6) is 1.51. The van der Waals surface area contributed by atoms with Crippen LogP contribution in [0, 0.1) is 5.92 Å². The van der Waals surface area contributed by atoms with E-state index >= 15 is 0 Å². The number of methoxy groups -OCH3 is 1. The number of hydrogen-bond donors (Lipinski definition) is 3. The molecule has 5 nitrogen and oxygen atoms in total. The van der Waals surface area contributed by atoms with Crippen LogP contribution in [0.15, 0.2) is 54.1 Å². The van der Waals surface area contributed by atoms with Gasteiger partial charge in [-0.05, 0) is 80.5 Å². The molecule has 0 radical (unpaired) electrons. The van der Waals surface area contributed by atoms with Crippen LogP contribution in [-0.4, -0.2) is 41.6 Å². The van der Waals surface area contributed by atoms with E-state index in [4.69, 9.17) is 4.74 Å². The molecule has 7 rings (SSSR count). The van der Waals surface area contributed by atoms with Crippen molar-refractivity contribution in [3.8, 4) is 5.75 Å². The third-order valence-electron chi connectivity index (χ3n) is 8.84. The first-order valence-corrected chi connectivity index (χ1v) is 13.1. The van der Waals surface area contributed by atoms with E-state index in [1.54, 1.807) is 12.7 Å². The van der Waals surface area contributed by atoms with Crippen molar-refractivity contribution < 1.29 is 4.74 Å². The number of H-pyrrole nitrogens is 2. The summed E-state index contributed by atoms with van der Waals surface area (Å²) in [6, 6.07) is 16.1. The standard InChI is InChI=1S/C30H34N4O/c1-3-18-17-34-13-11-23-24-16-20(35-2)8-9-26(24)33-30(23)28(34)15-19(18)14-27-29-22(10-12-31-27)21-6-4-5-7-25(21)32-29/h3-9,16,19,27-28,31-33H,10-15,17H2,1-2H3. The van der Waals surface area contributed by atoms with Crippen molar-refractivity contribution in [3.05, 3.63) is 76.6 Å². The maximum atomic E-state index is 5.53. The maximum Gasteiger partial charge on any atom is 0.119 e. The highest BCUT2D eigenvalue weighted by molar-refractivity contribution is 5.87. The normalized spacial score (nSPS) is 25.5. The van der Waals surface area contributed by atoms with Crippen molar-refractivity contribution in [2.45, 2.75) is 44.7 Å². The second kappa shape index (κ2) is 8.28. The monoisotopic (exact) mass is 466 g/mol. The van der Waals surface area contributed by atoms with Crippen molar-refractivity contribution >= 4 is 21.8 Å². The SMILES string of the molecule is CC=C1CN2CCc3c([nH]c4ccc(OC)cc34)C2CC1CC1NCCc2c1[nH]c1ccccc21. The molecular formula is C30H34N4O. The number of benzene rings is 2. The van der Waals surface area contributed by atoms with Crippen LogP contribution in [0.3, 0.4) is 0 Å². The summed E-state index contributed by atoms with van der Waals surface area (Å²) in [4.78, 5) is 10.3. The first-order valence-electron chi connectivity index (χ1n) is 13.1. The van der Waals surface area contributed by atoms with E-state index < -0.39 is 0 Å². The number of hydrogen-bond acceptors (Lipinski definition) is 3. The average molecular weight is 467 g/mol. The summed E-state index contributed by atoms with van der Waals surface area (Å²) < 4.78 is 5.53. The molecule has 2 aromatic carbocycles. The fraction of sp³-hybridized carbons (Fsp3) is 0.400.